The average molecular weight is 399 g/mol. The zero-order valence-corrected chi connectivity index (χ0v) is 16.3. The molecule has 0 spiro atoms. The number of hydrogen-bond acceptors (Lipinski definition) is 6. The minimum absolute atomic E-state index is 0.0856. The van der Waals surface area contributed by atoms with Crippen LogP contribution in [0, 0.1) is 0 Å². The molecule has 1 N–H and O–H groups in total. The fraction of sp³-hybridized carbons (Fsp3) is 0.300. The largest absolute Gasteiger partial charge is 0.463 e. The van der Waals surface area contributed by atoms with E-state index in [-0.39, 0.29) is 18.2 Å². The van der Waals surface area contributed by atoms with Crippen molar-refractivity contribution in [2.24, 2.45) is 0 Å². The summed E-state index contributed by atoms with van der Waals surface area (Å²) in [5, 5.41) is 5.28. The maximum absolute atomic E-state index is 12.2. The predicted molar refractivity (Wildman–Crippen MR) is 108 cm³/mol. The first-order valence-corrected chi connectivity index (χ1v) is 9.92. The van der Waals surface area contributed by atoms with Crippen molar-refractivity contribution in [3.63, 3.8) is 0 Å². The highest BCUT2D eigenvalue weighted by Crippen LogP contribution is 2.25. The first-order valence-electron chi connectivity index (χ1n) is 9.04. The van der Waals surface area contributed by atoms with Gasteiger partial charge in [-0.05, 0) is 37.1 Å². The summed E-state index contributed by atoms with van der Waals surface area (Å²) in [5.41, 5.74) is 2.13. The Hall–Kier alpha value is -3.00. The summed E-state index contributed by atoms with van der Waals surface area (Å²) >= 11 is 1.38. The Balaban J connectivity index is 1.53. The lowest BCUT2D eigenvalue weighted by atomic mass is 10.2. The molecule has 2 amide bonds. The van der Waals surface area contributed by atoms with Crippen molar-refractivity contribution < 1.29 is 19.1 Å². The molecule has 3 rings (SSSR count). The number of ether oxygens (including phenoxy) is 1. The molecule has 1 aromatic carbocycles. The highest BCUT2D eigenvalue weighted by Gasteiger charge is 2.24. The Labute approximate surface area is 167 Å². The van der Waals surface area contributed by atoms with Gasteiger partial charge >= 0.3 is 5.97 Å². The Morgan fingerprint density at radius 2 is 2.11 bits per heavy atom. The molecule has 0 unspecified atom stereocenters. The van der Waals surface area contributed by atoms with Gasteiger partial charge in [-0.25, -0.2) is 9.78 Å². The molecular formula is C20H21N3O4S. The van der Waals surface area contributed by atoms with Crippen LogP contribution in [0.2, 0.25) is 0 Å². The summed E-state index contributed by atoms with van der Waals surface area (Å²) in [6, 6.07) is 7.12. The van der Waals surface area contributed by atoms with Crippen molar-refractivity contribution in [3.05, 3.63) is 47.0 Å². The van der Waals surface area contributed by atoms with Gasteiger partial charge in [0.2, 0.25) is 11.8 Å². The van der Waals surface area contributed by atoms with E-state index in [4.69, 9.17) is 4.74 Å². The van der Waals surface area contributed by atoms with E-state index in [1.807, 2.05) is 5.38 Å². The lowest BCUT2D eigenvalue weighted by Gasteiger charge is -2.10. The Morgan fingerprint density at radius 3 is 2.79 bits per heavy atom. The second-order valence-corrected chi connectivity index (χ2v) is 7.04. The molecule has 2 aromatic rings. The highest BCUT2D eigenvalue weighted by atomic mass is 32.1. The molecular weight excluding hydrogens is 378 g/mol. The van der Waals surface area contributed by atoms with Crippen LogP contribution in [-0.4, -0.2) is 35.9 Å². The zero-order chi connectivity index (χ0) is 19.9. The molecule has 28 heavy (non-hydrogen) atoms. The van der Waals surface area contributed by atoms with Crippen LogP contribution in [-0.2, 0) is 25.5 Å². The van der Waals surface area contributed by atoms with E-state index in [2.05, 4.69) is 10.3 Å². The number of rotatable bonds is 7. The van der Waals surface area contributed by atoms with Crippen molar-refractivity contribution in [2.45, 2.75) is 26.2 Å². The van der Waals surface area contributed by atoms with E-state index in [1.165, 1.54) is 17.4 Å². The van der Waals surface area contributed by atoms with Crippen LogP contribution in [0.3, 0.4) is 0 Å². The number of amides is 2. The lowest BCUT2D eigenvalue weighted by Crippen LogP contribution is -2.23. The Bertz CT molecular complexity index is 889. The Kier molecular flexibility index (Phi) is 6.54. The summed E-state index contributed by atoms with van der Waals surface area (Å²) in [6.45, 7) is 2.78. The topological polar surface area (TPSA) is 88.6 Å². The van der Waals surface area contributed by atoms with E-state index in [0.29, 0.717) is 36.1 Å². The number of nitrogens with one attached hydrogen (secondary N) is 1. The maximum atomic E-state index is 12.2. The molecule has 0 radical (unpaired) electrons. The van der Waals surface area contributed by atoms with Gasteiger partial charge in [0.15, 0.2) is 5.13 Å². The molecule has 7 nitrogen and oxygen atoms in total. The van der Waals surface area contributed by atoms with Gasteiger partial charge in [-0.2, -0.15) is 0 Å². The van der Waals surface area contributed by atoms with Crippen molar-refractivity contribution in [1.82, 2.24) is 4.98 Å². The molecule has 0 aliphatic carbocycles. The second-order valence-electron chi connectivity index (χ2n) is 6.20. The van der Waals surface area contributed by atoms with Gasteiger partial charge in [-0.15, -0.1) is 11.3 Å². The quantitative estimate of drug-likeness (QED) is 0.571. The van der Waals surface area contributed by atoms with Gasteiger partial charge in [0.1, 0.15) is 0 Å². The third-order valence-electron chi connectivity index (χ3n) is 4.08. The fourth-order valence-electron chi connectivity index (χ4n) is 2.75. The van der Waals surface area contributed by atoms with Gasteiger partial charge in [0.05, 0.1) is 18.7 Å². The number of carbonyl (C=O) groups is 3. The van der Waals surface area contributed by atoms with Crippen LogP contribution in [0.1, 0.15) is 31.0 Å². The predicted octanol–water partition coefficient (Wildman–Crippen LogP) is 3.03. The first kappa shape index (κ1) is 19.8. The molecule has 0 atom stereocenters. The van der Waals surface area contributed by atoms with Gasteiger partial charge in [0.25, 0.3) is 0 Å². The van der Waals surface area contributed by atoms with Crippen LogP contribution in [0.4, 0.5) is 10.8 Å². The molecule has 1 fully saturated rings. The number of carbonyl (C=O) groups excluding carboxylic acids is 3. The summed E-state index contributed by atoms with van der Waals surface area (Å²) in [6.07, 6.45) is 4.56. The van der Waals surface area contributed by atoms with E-state index in [1.54, 1.807) is 42.2 Å². The monoisotopic (exact) mass is 399 g/mol. The number of thiazole rings is 1. The number of esters is 1. The summed E-state index contributed by atoms with van der Waals surface area (Å²) in [4.78, 5) is 41.4. The number of aromatic nitrogens is 1. The summed E-state index contributed by atoms with van der Waals surface area (Å²) < 4.78 is 4.83. The maximum Gasteiger partial charge on any atom is 0.330 e. The van der Waals surface area contributed by atoms with Gasteiger partial charge in [-0.3, -0.25) is 14.5 Å². The van der Waals surface area contributed by atoms with E-state index < -0.39 is 5.97 Å². The molecule has 1 aliphatic heterocycles. The summed E-state index contributed by atoms with van der Waals surface area (Å²) in [7, 11) is 0. The van der Waals surface area contributed by atoms with E-state index >= 15 is 0 Å². The SMILES string of the molecule is CCOC(=O)/C=C/c1ccc(NC(=O)Cc2csc(N3CCCC3=O)n2)cc1. The minimum atomic E-state index is -0.391. The van der Waals surface area contributed by atoms with Crippen molar-refractivity contribution in [1.29, 1.82) is 0 Å². The third kappa shape index (κ3) is 5.26. The zero-order valence-electron chi connectivity index (χ0n) is 15.5. The van der Waals surface area contributed by atoms with Crippen molar-refractivity contribution in [3.8, 4) is 0 Å². The van der Waals surface area contributed by atoms with Gasteiger partial charge in [-0.1, -0.05) is 12.1 Å². The van der Waals surface area contributed by atoms with Crippen molar-refractivity contribution in [2.75, 3.05) is 23.4 Å². The molecule has 1 aliphatic rings. The molecule has 8 heteroatoms. The lowest BCUT2D eigenvalue weighted by molar-refractivity contribution is -0.137. The van der Waals surface area contributed by atoms with Gasteiger partial charge < -0.3 is 10.1 Å². The first-order chi connectivity index (χ1) is 13.5. The minimum Gasteiger partial charge on any atom is -0.463 e. The number of nitrogens with zero attached hydrogens (tertiary/aromatic N) is 2. The van der Waals surface area contributed by atoms with Crippen LogP contribution >= 0.6 is 11.3 Å². The molecule has 1 saturated heterocycles. The molecule has 0 saturated carbocycles. The van der Waals surface area contributed by atoms with E-state index in [0.717, 1.165) is 12.0 Å². The second kappa shape index (κ2) is 9.27. The third-order valence-corrected chi connectivity index (χ3v) is 4.99. The fourth-order valence-corrected chi connectivity index (χ4v) is 3.62. The normalized spacial score (nSPS) is 13.9. The average Bonchev–Trinajstić information content (AvgIpc) is 3.30. The van der Waals surface area contributed by atoms with Crippen LogP contribution < -0.4 is 10.2 Å². The standard InChI is InChI=1S/C20H21N3O4S/c1-2-27-19(26)10-7-14-5-8-15(9-6-14)21-17(24)12-16-13-28-20(22-16)23-11-3-4-18(23)25/h5-10,13H,2-4,11-12H2,1H3,(H,21,24)/b10-7+. The number of hydrogen-bond donors (Lipinski definition) is 1. The molecule has 146 valence electrons. The van der Waals surface area contributed by atoms with Gasteiger partial charge in [0, 0.05) is 30.1 Å². The summed E-state index contributed by atoms with van der Waals surface area (Å²) in [5.74, 6) is -0.486. The van der Waals surface area contributed by atoms with E-state index in [9.17, 15) is 14.4 Å². The smallest absolute Gasteiger partial charge is 0.330 e. The van der Waals surface area contributed by atoms with Crippen LogP contribution in [0.15, 0.2) is 35.7 Å². The van der Waals surface area contributed by atoms with Crippen molar-refractivity contribution >= 4 is 46.0 Å². The number of benzene rings is 1. The molecule has 0 bridgehead atoms. The van der Waals surface area contributed by atoms with Crippen LogP contribution in [0.25, 0.3) is 6.08 Å². The molecule has 2 heterocycles. The van der Waals surface area contributed by atoms with Crippen LogP contribution in [0.5, 0.6) is 0 Å². The Morgan fingerprint density at radius 1 is 1.32 bits per heavy atom. The number of anilines is 2. The molecule has 1 aromatic heterocycles. The highest BCUT2D eigenvalue weighted by molar-refractivity contribution is 7.14.